The molecule has 6 nitrogen and oxygen atoms in total. The van der Waals surface area contributed by atoms with E-state index < -0.39 is 5.97 Å². The SMILES string of the molecule is Cc1c(Cc2ccc(-n3cccn3)cc2)cc(C(=O)O)c2c1OCO2. The molecule has 0 saturated carbocycles. The first kappa shape index (κ1) is 15.3. The van der Waals surface area contributed by atoms with E-state index in [1.165, 1.54) is 0 Å². The first-order chi connectivity index (χ1) is 12.1. The van der Waals surface area contributed by atoms with Gasteiger partial charge in [0.2, 0.25) is 6.79 Å². The molecule has 1 N–H and O–H groups in total. The van der Waals surface area contributed by atoms with E-state index in [4.69, 9.17) is 9.47 Å². The molecule has 4 rings (SSSR count). The highest BCUT2D eigenvalue weighted by molar-refractivity contribution is 5.93. The zero-order valence-electron chi connectivity index (χ0n) is 13.6. The Labute approximate surface area is 144 Å². The van der Waals surface area contributed by atoms with Gasteiger partial charge in [0.05, 0.1) is 5.69 Å². The van der Waals surface area contributed by atoms with Crippen molar-refractivity contribution in [3.05, 3.63) is 71.0 Å². The van der Waals surface area contributed by atoms with E-state index in [9.17, 15) is 9.90 Å². The molecule has 25 heavy (non-hydrogen) atoms. The molecule has 0 fully saturated rings. The predicted octanol–water partition coefficient (Wildman–Crippen LogP) is 3.20. The summed E-state index contributed by atoms with van der Waals surface area (Å²) < 4.78 is 12.6. The predicted molar refractivity (Wildman–Crippen MR) is 90.6 cm³/mol. The van der Waals surface area contributed by atoms with Crippen molar-refractivity contribution in [2.24, 2.45) is 0 Å². The molecule has 0 bridgehead atoms. The zero-order chi connectivity index (χ0) is 17.4. The van der Waals surface area contributed by atoms with Crippen molar-refractivity contribution in [2.45, 2.75) is 13.3 Å². The number of aromatic nitrogens is 2. The van der Waals surface area contributed by atoms with Gasteiger partial charge in [0.1, 0.15) is 5.56 Å². The van der Waals surface area contributed by atoms with Gasteiger partial charge < -0.3 is 14.6 Å². The third-order valence-electron chi connectivity index (χ3n) is 4.33. The summed E-state index contributed by atoms with van der Waals surface area (Å²) in [5.41, 5.74) is 4.01. The summed E-state index contributed by atoms with van der Waals surface area (Å²) in [5.74, 6) is -0.164. The van der Waals surface area contributed by atoms with Gasteiger partial charge in [-0.1, -0.05) is 12.1 Å². The highest BCUT2D eigenvalue weighted by Crippen LogP contribution is 2.41. The van der Waals surface area contributed by atoms with Crippen LogP contribution in [0.3, 0.4) is 0 Å². The molecule has 0 aliphatic carbocycles. The van der Waals surface area contributed by atoms with Crippen LogP contribution in [0.2, 0.25) is 0 Å². The Balaban J connectivity index is 1.67. The molecule has 0 spiro atoms. The number of rotatable bonds is 4. The first-order valence-electron chi connectivity index (χ1n) is 7.88. The number of ether oxygens (including phenoxy) is 2. The topological polar surface area (TPSA) is 73.6 Å². The summed E-state index contributed by atoms with van der Waals surface area (Å²) in [6.07, 6.45) is 4.23. The Morgan fingerprint density at radius 2 is 2.00 bits per heavy atom. The number of hydrogen-bond acceptors (Lipinski definition) is 4. The van der Waals surface area contributed by atoms with Crippen LogP contribution < -0.4 is 9.47 Å². The van der Waals surface area contributed by atoms with Crippen LogP contribution in [0.25, 0.3) is 5.69 Å². The number of hydrogen-bond donors (Lipinski definition) is 1. The lowest BCUT2D eigenvalue weighted by Gasteiger charge is -2.12. The van der Waals surface area contributed by atoms with Crippen LogP contribution in [0.1, 0.15) is 27.0 Å². The van der Waals surface area contributed by atoms with Crippen LogP contribution in [0.4, 0.5) is 0 Å². The van der Waals surface area contributed by atoms with E-state index in [1.54, 1.807) is 16.9 Å². The number of carbonyl (C=O) groups is 1. The fraction of sp³-hybridized carbons (Fsp3) is 0.158. The van der Waals surface area contributed by atoms with Crippen LogP contribution in [-0.4, -0.2) is 27.6 Å². The number of fused-ring (bicyclic) bond motifs is 1. The van der Waals surface area contributed by atoms with Gasteiger partial charge in [-0.3, -0.25) is 0 Å². The molecule has 0 amide bonds. The standard InChI is InChI=1S/C19H16N2O4/c1-12-14(10-16(19(22)23)18-17(12)24-11-25-18)9-13-3-5-15(6-4-13)21-8-2-7-20-21/h2-8,10H,9,11H2,1H3,(H,22,23). The average Bonchev–Trinajstić information content (AvgIpc) is 3.29. The van der Waals surface area contributed by atoms with Crippen molar-refractivity contribution in [3.8, 4) is 17.2 Å². The minimum atomic E-state index is -1.02. The van der Waals surface area contributed by atoms with Gasteiger partial charge in [0.25, 0.3) is 0 Å². The minimum absolute atomic E-state index is 0.0540. The molecular formula is C19H16N2O4. The van der Waals surface area contributed by atoms with Crippen LogP contribution in [-0.2, 0) is 6.42 Å². The Morgan fingerprint density at radius 1 is 1.24 bits per heavy atom. The highest BCUT2D eigenvalue weighted by atomic mass is 16.7. The number of carboxylic acids is 1. The summed E-state index contributed by atoms with van der Waals surface area (Å²) >= 11 is 0. The van der Waals surface area contributed by atoms with Crippen LogP contribution in [0.15, 0.2) is 48.8 Å². The average molecular weight is 336 g/mol. The number of nitrogens with zero attached hydrogens (tertiary/aromatic N) is 2. The number of aromatic carboxylic acids is 1. The van der Waals surface area contributed by atoms with Gasteiger partial charge in [-0.15, -0.1) is 0 Å². The summed E-state index contributed by atoms with van der Waals surface area (Å²) in [4.78, 5) is 11.5. The third-order valence-corrected chi connectivity index (χ3v) is 4.33. The van der Waals surface area contributed by atoms with E-state index in [2.05, 4.69) is 5.10 Å². The molecule has 0 atom stereocenters. The van der Waals surface area contributed by atoms with Gasteiger partial charge in [-0.25, -0.2) is 9.48 Å². The lowest BCUT2D eigenvalue weighted by atomic mass is 9.96. The van der Waals surface area contributed by atoms with Crippen molar-refractivity contribution < 1.29 is 19.4 Å². The molecule has 1 aromatic heterocycles. The van der Waals surface area contributed by atoms with E-state index in [-0.39, 0.29) is 12.4 Å². The fourth-order valence-electron chi connectivity index (χ4n) is 3.00. The monoisotopic (exact) mass is 336 g/mol. The van der Waals surface area contributed by atoms with Crippen LogP contribution >= 0.6 is 0 Å². The second kappa shape index (κ2) is 5.98. The third kappa shape index (κ3) is 2.71. The van der Waals surface area contributed by atoms with Crippen molar-refractivity contribution in [1.82, 2.24) is 9.78 Å². The maximum absolute atomic E-state index is 11.5. The Kier molecular flexibility index (Phi) is 3.65. The van der Waals surface area contributed by atoms with Crippen molar-refractivity contribution in [3.63, 3.8) is 0 Å². The minimum Gasteiger partial charge on any atom is -0.478 e. The molecule has 0 unspecified atom stereocenters. The van der Waals surface area contributed by atoms with Gasteiger partial charge >= 0.3 is 5.97 Å². The van der Waals surface area contributed by atoms with Crippen molar-refractivity contribution in [1.29, 1.82) is 0 Å². The maximum atomic E-state index is 11.5. The van der Waals surface area contributed by atoms with E-state index >= 15 is 0 Å². The van der Waals surface area contributed by atoms with Gasteiger partial charge in [0, 0.05) is 12.4 Å². The van der Waals surface area contributed by atoms with Crippen LogP contribution in [0, 0.1) is 6.92 Å². The van der Waals surface area contributed by atoms with Gasteiger partial charge in [-0.2, -0.15) is 5.10 Å². The van der Waals surface area contributed by atoms with Gasteiger partial charge in [0.15, 0.2) is 11.5 Å². The quantitative estimate of drug-likeness (QED) is 0.792. The molecule has 0 radical (unpaired) electrons. The first-order valence-corrected chi connectivity index (χ1v) is 7.88. The molecule has 2 heterocycles. The normalized spacial score (nSPS) is 12.4. The Hall–Kier alpha value is -3.28. The summed E-state index contributed by atoms with van der Waals surface area (Å²) in [7, 11) is 0. The number of benzene rings is 2. The molecule has 0 saturated heterocycles. The summed E-state index contributed by atoms with van der Waals surface area (Å²) in [6.45, 7) is 1.98. The second-order valence-corrected chi connectivity index (χ2v) is 5.87. The fourth-order valence-corrected chi connectivity index (χ4v) is 3.00. The molecule has 1 aliphatic rings. The Morgan fingerprint density at radius 3 is 2.68 bits per heavy atom. The molecule has 2 aromatic carbocycles. The second-order valence-electron chi connectivity index (χ2n) is 5.87. The molecule has 1 aliphatic heterocycles. The highest BCUT2D eigenvalue weighted by Gasteiger charge is 2.26. The maximum Gasteiger partial charge on any atom is 0.339 e. The lowest BCUT2D eigenvalue weighted by Crippen LogP contribution is -2.03. The lowest BCUT2D eigenvalue weighted by molar-refractivity contribution is 0.0692. The summed E-state index contributed by atoms with van der Waals surface area (Å²) in [6, 6.07) is 11.6. The molecule has 126 valence electrons. The van der Waals surface area contributed by atoms with Gasteiger partial charge in [-0.05, 0) is 54.3 Å². The largest absolute Gasteiger partial charge is 0.478 e. The van der Waals surface area contributed by atoms with E-state index in [0.717, 1.165) is 22.4 Å². The molecule has 3 aromatic rings. The summed E-state index contributed by atoms with van der Waals surface area (Å²) in [5, 5.41) is 13.6. The van der Waals surface area contributed by atoms with Crippen molar-refractivity contribution in [2.75, 3.05) is 6.79 Å². The van der Waals surface area contributed by atoms with E-state index in [1.807, 2.05) is 43.5 Å². The van der Waals surface area contributed by atoms with E-state index in [0.29, 0.717) is 17.9 Å². The van der Waals surface area contributed by atoms with Crippen molar-refractivity contribution >= 4 is 5.97 Å². The van der Waals surface area contributed by atoms with Crippen LogP contribution in [0.5, 0.6) is 11.5 Å². The zero-order valence-corrected chi connectivity index (χ0v) is 13.6. The molecular weight excluding hydrogens is 320 g/mol. The number of carboxylic acid groups (broad SMARTS) is 1. The Bertz CT molecular complexity index is 931. The smallest absolute Gasteiger partial charge is 0.339 e. The molecule has 6 heteroatoms.